The largest absolute Gasteiger partial charge is 0.352 e. The van der Waals surface area contributed by atoms with Crippen molar-refractivity contribution in [3.05, 3.63) is 64.1 Å². The molecule has 1 N–H and O–H groups in total. The number of hydrogen-bond donors (Lipinski definition) is 1. The van der Waals surface area contributed by atoms with Gasteiger partial charge in [0.1, 0.15) is 12.6 Å². The van der Waals surface area contributed by atoms with E-state index in [0.29, 0.717) is 6.42 Å². The number of nitrogens with zero attached hydrogens (tertiary/aromatic N) is 2. The van der Waals surface area contributed by atoms with Crippen LogP contribution in [0.15, 0.2) is 48.5 Å². The van der Waals surface area contributed by atoms with Gasteiger partial charge in [0.15, 0.2) is 0 Å². The number of anilines is 1. The van der Waals surface area contributed by atoms with Crippen LogP contribution < -0.4 is 9.62 Å². The minimum absolute atomic E-state index is 0.103. The van der Waals surface area contributed by atoms with Crippen molar-refractivity contribution in [3.8, 4) is 0 Å². The van der Waals surface area contributed by atoms with Crippen LogP contribution >= 0.6 is 23.2 Å². The van der Waals surface area contributed by atoms with E-state index in [1.807, 2.05) is 37.3 Å². The first-order valence-corrected chi connectivity index (χ1v) is 14.3. The average molecular weight is 541 g/mol. The molecule has 1 fully saturated rings. The Morgan fingerprint density at radius 2 is 1.66 bits per heavy atom. The molecule has 10 heteroatoms. The van der Waals surface area contributed by atoms with E-state index in [-0.39, 0.29) is 34.2 Å². The van der Waals surface area contributed by atoms with E-state index >= 15 is 0 Å². The predicted molar refractivity (Wildman–Crippen MR) is 140 cm³/mol. The van der Waals surface area contributed by atoms with Gasteiger partial charge in [-0.15, -0.1) is 0 Å². The first-order valence-electron chi connectivity index (χ1n) is 11.7. The van der Waals surface area contributed by atoms with Gasteiger partial charge in [-0.1, -0.05) is 73.3 Å². The molecular weight excluding hydrogens is 509 g/mol. The average Bonchev–Trinajstić information content (AvgIpc) is 3.29. The van der Waals surface area contributed by atoms with Crippen molar-refractivity contribution in [1.29, 1.82) is 0 Å². The van der Waals surface area contributed by atoms with Crippen LogP contribution in [0.25, 0.3) is 0 Å². The van der Waals surface area contributed by atoms with E-state index in [0.717, 1.165) is 41.8 Å². The standard InChI is InChI=1S/C25H31Cl2N3O4S/c1-3-23(25(32)28-21-11-7-8-12-21)29(16-18-9-5-4-6-10-18)24(31)17-30(35(2,33)34)22-14-19(26)13-20(27)15-22/h4-6,9-10,13-15,21,23H,3,7-8,11-12,16-17H2,1-2H3,(H,28,32). The van der Waals surface area contributed by atoms with Crippen LogP contribution in [0.4, 0.5) is 5.69 Å². The quantitative estimate of drug-likeness (QED) is 0.476. The number of sulfonamides is 1. The van der Waals surface area contributed by atoms with Crippen molar-refractivity contribution in [1.82, 2.24) is 10.2 Å². The van der Waals surface area contributed by atoms with E-state index in [1.165, 1.54) is 23.1 Å². The minimum atomic E-state index is -3.86. The molecule has 35 heavy (non-hydrogen) atoms. The lowest BCUT2D eigenvalue weighted by Gasteiger charge is -2.33. The molecule has 1 aliphatic rings. The zero-order valence-corrected chi connectivity index (χ0v) is 22.2. The fourth-order valence-corrected chi connectivity index (χ4v) is 5.71. The Hall–Kier alpha value is -2.29. The Morgan fingerprint density at radius 3 is 2.20 bits per heavy atom. The molecule has 190 valence electrons. The molecule has 0 spiro atoms. The van der Waals surface area contributed by atoms with Crippen molar-refractivity contribution in [2.75, 3.05) is 17.1 Å². The molecule has 1 aliphatic carbocycles. The molecule has 2 aromatic carbocycles. The summed E-state index contributed by atoms with van der Waals surface area (Å²) in [5, 5.41) is 3.58. The first-order chi connectivity index (χ1) is 16.6. The van der Waals surface area contributed by atoms with Crippen LogP contribution in [0.5, 0.6) is 0 Å². The maximum Gasteiger partial charge on any atom is 0.244 e. The van der Waals surface area contributed by atoms with Gasteiger partial charge in [0.05, 0.1) is 11.9 Å². The number of nitrogens with one attached hydrogen (secondary N) is 1. The van der Waals surface area contributed by atoms with Crippen LogP contribution in [0, 0.1) is 0 Å². The van der Waals surface area contributed by atoms with Gasteiger partial charge in [0, 0.05) is 22.6 Å². The van der Waals surface area contributed by atoms with Gasteiger partial charge in [0.25, 0.3) is 0 Å². The van der Waals surface area contributed by atoms with Crippen LogP contribution in [-0.4, -0.2) is 50.0 Å². The van der Waals surface area contributed by atoms with Gasteiger partial charge in [-0.05, 0) is 43.0 Å². The molecule has 0 radical (unpaired) electrons. The van der Waals surface area contributed by atoms with Gasteiger partial charge >= 0.3 is 0 Å². The fourth-order valence-electron chi connectivity index (χ4n) is 4.36. The molecule has 7 nitrogen and oxygen atoms in total. The summed E-state index contributed by atoms with van der Waals surface area (Å²) in [7, 11) is -3.86. The smallest absolute Gasteiger partial charge is 0.244 e. The zero-order chi connectivity index (χ0) is 25.6. The first kappa shape index (κ1) is 27.3. The Morgan fingerprint density at radius 1 is 1.06 bits per heavy atom. The Kier molecular flexibility index (Phi) is 9.44. The molecule has 0 saturated heterocycles. The van der Waals surface area contributed by atoms with Crippen molar-refractivity contribution in [2.24, 2.45) is 0 Å². The van der Waals surface area contributed by atoms with Crippen LogP contribution in [-0.2, 0) is 26.2 Å². The monoisotopic (exact) mass is 539 g/mol. The van der Waals surface area contributed by atoms with Crippen molar-refractivity contribution >= 4 is 50.7 Å². The van der Waals surface area contributed by atoms with Crippen molar-refractivity contribution in [3.63, 3.8) is 0 Å². The summed E-state index contributed by atoms with van der Waals surface area (Å²) in [6, 6.07) is 13.0. The lowest BCUT2D eigenvalue weighted by molar-refractivity contribution is -0.140. The summed E-state index contributed by atoms with van der Waals surface area (Å²) in [6.07, 6.45) is 5.39. The summed E-state index contributed by atoms with van der Waals surface area (Å²) in [4.78, 5) is 28.4. The third-order valence-corrected chi connectivity index (χ3v) is 7.67. The van der Waals surface area contributed by atoms with E-state index in [2.05, 4.69) is 5.32 Å². The molecule has 1 unspecified atom stereocenters. The normalized spacial score (nSPS) is 15.0. The van der Waals surface area contributed by atoms with Crippen LogP contribution in [0.2, 0.25) is 10.0 Å². The summed E-state index contributed by atoms with van der Waals surface area (Å²) in [6.45, 7) is 1.52. The Labute approximate surface area is 217 Å². The molecule has 1 atom stereocenters. The third-order valence-electron chi connectivity index (χ3n) is 6.10. The molecule has 2 aromatic rings. The number of rotatable bonds is 10. The highest BCUT2D eigenvalue weighted by molar-refractivity contribution is 7.92. The number of benzene rings is 2. The number of halogens is 2. The van der Waals surface area contributed by atoms with Gasteiger partial charge < -0.3 is 10.2 Å². The maximum atomic E-state index is 13.7. The molecule has 3 rings (SSSR count). The molecular formula is C25H31Cl2N3O4S. The van der Waals surface area contributed by atoms with E-state index < -0.39 is 28.5 Å². The van der Waals surface area contributed by atoms with Crippen LogP contribution in [0.3, 0.4) is 0 Å². The lowest BCUT2D eigenvalue weighted by atomic mass is 10.1. The highest BCUT2D eigenvalue weighted by Crippen LogP contribution is 2.27. The molecule has 0 heterocycles. The second-order valence-corrected chi connectivity index (χ2v) is 11.6. The van der Waals surface area contributed by atoms with Gasteiger partial charge in [-0.2, -0.15) is 0 Å². The SMILES string of the molecule is CCC(C(=O)NC1CCCC1)N(Cc1ccccc1)C(=O)CN(c1cc(Cl)cc(Cl)c1)S(C)(=O)=O. The summed E-state index contributed by atoms with van der Waals surface area (Å²) in [5.41, 5.74) is 1.02. The molecule has 0 aromatic heterocycles. The second-order valence-electron chi connectivity index (χ2n) is 8.82. The predicted octanol–water partition coefficient (Wildman–Crippen LogP) is 4.63. The molecule has 2 amide bonds. The fraction of sp³-hybridized carbons (Fsp3) is 0.440. The number of amides is 2. The van der Waals surface area contributed by atoms with E-state index in [1.54, 1.807) is 0 Å². The van der Waals surface area contributed by atoms with Crippen molar-refractivity contribution < 1.29 is 18.0 Å². The summed E-state index contributed by atoms with van der Waals surface area (Å²) in [5.74, 6) is -0.718. The molecule has 0 aliphatic heterocycles. The van der Waals surface area contributed by atoms with Crippen LogP contribution in [0.1, 0.15) is 44.6 Å². The van der Waals surface area contributed by atoms with Gasteiger partial charge in [-0.25, -0.2) is 8.42 Å². The Bertz CT molecular complexity index is 1120. The highest BCUT2D eigenvalue weighted by atomic mass is 35.5. The van der Waals surface area contributed by atoms with E-state index in [9.17, 15) is 18.0 Å². The second kappa shape index (κ2) is 12.1. The van der Waals surface area contributed by atoms with Gasteiger partial charge in [-0.3, -0.25) is 13.9 Å². The lowest BCUT2D eigenvalue weighted by Crippen LogP contribution is -2.53. The zero-order valence-electron chi connectivity index (χ0n) is 19.9. The third kappa shape index (κ3) is 7.59. The van der Waals surface area contributed by atoms with Crippen molar-refractivity contribution in [2.45, 2.75) is 57.7 Å². The minimum Gasteiger partial charge on any atom is -0.352 e. The number of carbonyl (C=O) groups is 2. The van der Waals surface area contributed by atoms with Gasteiger partial charge in [0.2, 0.25) is 21.8 Å². The topological polar surface area (TPSA) is 86.8 Å². The highest BCUT2D eigenvalue weighted by Gasteiger charge is 2.33. The number of carbonyl (C=O) groups excluding carboxylic acids is 2. The summed E-state index contributed by atoms with van der Waals surface area (Å²) < 4.78 is 26.3. The van der Waals surface area contributed by atoms with E-state index in [4.69, 9.17) is 23.2 Å². The summed E-state index contributed by atoms with van der Waals surface area (Å²) >= 11 is 12.2. The molecule has 1 saturated carbocycles. The molecule has 0 bridgehead atoms. The maximum absolute atomic E-state index is 13.7. The Balaban J connectivity index is 1.92. The number of hydrogen-bond acceptors (Lipinski definition) is 4.